The maximum absolute atomic E-state index is 12.6. The molecule has 0 radical (unpaired) electrons. The van der Waals surface area contributed by atoms with Crippen molar-refractivity contribution in [3.05, 3.63) is 28.2 Å². The molecular formula is C13H15BrNO4S-. The predicted molar refractivity (Wildman–Crippen MR) is 75.7 cm³/mol. The van der Waals surface area contributed by atoms with Crippen molar-refractivity contribution >= 4 is 31.9 Å². The zero-order valence-corrected chi connectivity index (χ0v) is 13.4. The average Bonchev–Trinajstić information content (AvgIpc) is 2.38. The number of hydrogen-bond donors (Lipinski definition) is 0. The lowest BCUT2D eigenvalue weighted by atomic mass is 10.1. The molecule has 1 saturated heterocycles. The van der Waals surface area contributed by atoms with Gasteiger partial charge in [-0.1, -0.05) is 22.4 Å². The molecule has 5 nitrogen and oxygen atoms in total. The van der Waals surface area contributed by atoms with Crippen molar-refractivity contribution in [3.63, 3.8) is 0 Å². The van der Waals surface area contributed by atoms with Gasteiger partial charge in [0.1, 0.15) is 0 Å². The van der Waals surface area contributed by atoms with Gasteiger partial charge in [0.15, 0.2) is 0 Å². The largest absolute Gasteiger partial charge is 0.545 e. The summed E-state index contributed by atoms with van der Waals surface area (Å²) in [6.45, 7) is 2.34. The topological polar surface area (TPSA) is 77.5 Å². The van der Waals surface area contributed by atoms with E-state index in [2.05, 4.69) is 15.9 Å². The van der Waals surface area contributed by atoms with Crippen LogP contribution in [-0.2, 0) is 10.0 Å². The molecule has 110 valence electrons. The van der Waals surface area contributed by atoms with E-state index in [1.165, 1.54) is 16.4 Å². The summed E-state index contributed by atoms with van der Waals surface area (Å²) in [5.74, 6) is -1.40. The molecule has 1 aliphatic rings. The lowest BCUT2D eigenvalue weighted by Crippen LogP contribution is -2.42. The third-order valence-electron chi connectivity index (χ3n) is 3.51. The second-order valence-electron chi connectivity index (χ2n) is 4.89. The van der Waals surface area contributed by atoms with Crippen LogP contribution in [0.15, 0.2) is 27.6 Å². The van der Waals surface area contributed by atoms with Crippen LogP contribution in [0.4, 0.5) is 0 Å². The molecule has 0 amide bonds. The van der Waals surface area contributed by atoms with Gasteiger partial charge in [-0.25, -0.2) is 8.42 Å². The summed E-state index contributed by atoms with van der Waals surface area (Å²) in [7, 11) is -3.66. The Morgan fingerprint density at radius 1 is 1.40 bits per heavy atom. The van der Waals surface area contributed by atoms with Crippen LogP contribution in [0.3, 0.4) is 0 Å². The number of carboxylic acids is 1. The first-order chi connectivity index (χ1) is 9.34. The minimum Gasteiger partial charge on any atom is -0.545 e. The molecule has 20 heavy (non-hydrogen) atoms. The number of sulfonamides is 1. The highest BCUT2D eigenvalue weighted by atomic mass is 79.9. The quantitative estimate of drug-likeness (QED) is 0.815. The number of hydrogen-bond acceptors (Lipinski definition) is 4. The number of nitrogens with zero attached hydrogens (tertiary/aromatic N) is 1. The molecule has 1 aliphatic heterocycles. The number of rotatable bonds is 3. The van der Waals surface area contributed by atoms with Crippen LogP contribution in [0.2, 0.25) is 0 Å². The smallest absolute Gasteiger partial charge is 0.243 e. The summed E-state index contributed by atoms with van der Waals surface area (Å²) in [4.78, 5) is 11.0. The molecule has 0 aromatic heterocycles. The molecule has 0 bridgehead atoms. The van der Waals surface area contributed by atoms with E-state index < -0.39 is 16.0 Å². The highest BCUT2D eigenvalue weighted by molar-refractivity contribution is 9.10. The number of piperidine rings is 1. The first-order valence-electron chi connectivity index (χ1n) is 6.37. The summed E-state index contributed by atoms with van der Waals surface area (Å²) >= 11 is 3.08. The molecule has 2 rings (SSSR count). The van der Waals surface area contributed by atoms with Crippen molar-refractivity contribution in [2.75, 3.05) is 6.54 Å². The number of benzene rings is 1. The van der Waals surface area contributed by atoms with Crippen molar-refractivity contribution < 1.29 is 18.3 Å². The fourth-order valence-electron chi connectivity index (χ4n) is 2.39. The van der Waals surface area contributed by atoms with Gasteiger partial charge < -0.3 is 9.90 Å². The Morgan fingerprint density at radius 3 is 2.70 bits per heavy atom. The van der Waals surface area contributed by atoms with Crippen LogP contribution >= 0.6 is 15.9 Å². The summed E-state index contributed by atoms with van der Waals surface area (Å²) < 4.78 is 26.9. The van der Waals surface area contributed by atoms with Gasteiger partial charge in [-0.05, 0) is 38.0 Å². The maximum atomic E-state index is 12.6. The highest BCUT2D eigenvalue weighted by Crippen LogP contribution is 2.27. The minimum absolute atomic E-state index is 0.00588. The molecule has 0 unspecified atom stereocenters. The number of aromatic carboxylic acids is 1. The van der Waals surface area contributed by atoms with Crippen LogP contribution in [-0.4, -0.2) is 31.3 Å². The van der Waals surface area contributed by atoms with Crippen LogP contribution in [0.5, 0.6) is 0 Å². The zero-order chi connectivity index (χ0) is 14.9. The average molecular weight is 361 g/mol. The molecular weight excluding hydrogens is 346 g/mol. The Bertz CT molecular complexity index is 629. The standard InChI is InChI=1S/C13H16BrNO4S/c1-9-4-2-3-7-15(9)20(18,19)10-5-6-12(14)11(8-10)13(16)17/h5-6,8-9H,2-4,7H2,1H3,(H,16,17)/p-1/t9-/m1/s1. The zero-order valence-electron chi connectivity index (χ0n) is 11.0. The number of carbonyl (C=O) groups is 1. The SMILES string of the molecule is C[C@@H]1CCCCN1S(=O)(=O)c1ccc(Br)c(C(=O)[O-])c1. The monoisotopic (exact) mass is 360 g/mol. The normalized spacial score (nSPS) is 20.8. The third-order valence-corrected chi connectivity index (χ3v) is 6.21. The summed E-state index contributed by atoms with van der Waals surface area (Å²) in [6.07, 6.45) is 2.66. The second kappa shape index (κ2) is 5.83. The number of carbonyl (C=O) groups excluding carboxylic acids is 1. The van der Waals surface area contributed by atoms with Crippen LogP contribution in [0.1, 0.15) is 36.5 Å². The van der Waals surface area contributed by atoms with Gasteiger partial charge in [-0.15, -0.1) is 0 Å². The molecule has 7 heteroatoms. The fraction of sp³-hybridized carbons (Fsp3) is 0.462. The molecule has 0 spiro atoms. The number of halogens is 1. The van der Waals surface area contributed by atoms with Crippen molar-refractivity contribution in [1.82, 2.24) is 4.31 Å². The summed E-state index contributed by atoms with van der Waals surface area (Å²) in [5, 5.41) is 11.0. The molecule has 0 aliphatic carbocycles. The number of carboxylic acid groups (broad SMARTS) is 1. The Morgan fingerprint density at radius 2 is 2.10 bits per heavy atom. The fourth-order valence-corrected chi connectivity index (χ4v) is 4.52. The lowest BCUT2D eigenvalue weighted by Gasteiger charge is -2.32. The van der Waals surface area contributed by atoms with Crippen molar-refractivity contribution in [1.29, 1.82) is 0 Å². The molecule has 1 aromatic carbocycles. The Labute approximate surface area is 126 Å². The summed E-state index contributed by atoms with van der Waals surface area (Å²) in [5.41, 5.74) is -0.157. The lowest BCUT2D eigenvalue weighted by molar-refractivity contribution is -0.255. The van der Waals surface area contributed by atoms with Crippen LogP contribution in [0, 0.1) is 0 Å². The maximum Gasteiger partial charge on any atom is 0.243 e. The molecule has 1 fully saturated rings. The Hall–Kier alpha value is -0.920. The van der Waals surface area contributed by atoms with E-state index in [0.717, 1.165) is 25.3 Å². The van der Waals surface area contributed by atoms with Crippen LogP contribution in [0.25, 0.3) is 0 Å². The van der Waals surface area contributed by atoms with Gasteiger partial charge in [0.25, 0.3) is 0 Å². The van der Waals surface area contributed by atoms with Gasteiger partial charge in [-0.2, -0.15) is 4.31 Å². The van der Waals surface area contributed by atoms with Crippen molar-refractivity contribution in [2.45, 2.75) is 37.1 Å². The Kier molecular flexibility index (Phi) is 4.51. The van der Waals surface area contributed by atoms with E-state index in [-0.39, 0.29) is 16.5 Å². The van der Waals surface area contributed by atoms with Gasteiger partial charge >= 0.3 is 0 Å². The van der Waals surface area contributed by atoms with Gasteiger partial charge in [0, 0.05) is 22.6 Å². The van der Waals surface area contributed by atoms with Crippen molar-refractivity contribution in [3.8, 4) is 0 Å². The third kappa shape index (κ3) is 2.89. The van der Waals surface area contributed by atoms with E-state index in [4.69, 9.17) is 0 Å². The minimum atomic E-state index is -3.66. The van der Waals surface area contributed by atoms with E-state index in [1.807, 2.05) is 6.92 Å². The first kappa shape index (κ1) is 15.5. The molecule has 1 heterocycles. The van der Waals surface area contributed by atoms with E-state index in [9.17, 15) is 18.3 Å². The molecule has 1 atom stereocenters. The van der Waals surface area contributed by atoms with E-state index >= 15 is 0 Å². The van der Waals surface area contributed by atoms with Gasteiger partial charge in [-0.3, -0.25) is 0 Å². The second-order valence-corrected chi connectivity index (χ2v) is 7.63. The first-order valence-corrected chi connectivity index (χ1v) is 8.60. The van der Waals surface area contributed by atoms with E-state index in [1.54, 1.807) is 0 Å². The van der Waals surface area contributed by atoms with Gasteiger partial charge in [0.05, 0.1) is 10.9 Å². The van der Waals surface area contributed by atoms with Crippen LogP contribution < -0.4 is 5.11 Å². The molecule has 1 aromatic rings. The molecule has 0 N–H and O–H groups in total. The van der Waals surface area contributed by atoms with E-state index in [0.29, 0.717) is 11.0 Å². The van der Waals surface area contributed by atoms with Gasteiger partial charge in [0.2, 0.25) is 10.0 Å². The highest BCUT2D eigenvalue weighted by Gasteiger charge is 2.31. The Balaban J connectivity index is 2.44. The molecule has 0 saturated carbocycles. The summed E-state index contributed by atoms with van der Waals surface area (Å²) in [6, 6.07) is 3.92. The predicted octanol–water partition coefficient (Wildman–Crippen LogP) is 1.38. The van der Waals surface area contributed by atoms with Crippen molar-refractivity contribution in [2.24, 2.45) is 0 Å².